The molecule has 2 atom stereocenters. The van der Waals surface area contributed by atoms with Crippen LogP contribution >= 0.6 is 0 Å². The molecule has 10 heterocycles. The van der Waals surface area contributed by atoms with Gasteiger partial charge in [-0.05, 0) is 391 Å². The van der Waals surface area contributed by atoms with Gasteiger partial charge in [-0.3, -0.25) is 43.5 Å². The zero-order valence-corrected chi connectivity index (χ0v) is 84.1. The third-order valence-electron chi connectivity index (χ3n) is 31.0. The number of esters is 1. The molecular formula is C101H182N18O10. The first-order valence-electron chi connectivity index (χ1n) is 51.6. The van der Waals surface area contributed by atoms with E-state index in [0.29, 0.717) is 104 Å². The van der Waals surface area contributed by atoms with E-state index in [-0.39, 0.29) is 23.7 Å². The number of hydrogen-bond acceptors (Lipinski definition) is 23. The lowest BCUT2D eigenvalue weighted by molar-refractivity contribution is -0.143. The molecule has 0 radical (unpaired) electrons. The summed E-state index contributed by atoms with van der Waals surface area (Å²) in [4.78, 5) is 108. The lowest BCUT2D eigenvalue weighted by atomic mass is 9.89. The van der Waals surface area contributed by atoms with Gasteiger partial charge < -0.3 is 82.2 Å². The van der Waals surface area contributed by atoms with Crippen LogP contribution in [0.4, 0.5) is 0 Å². The molecule has 28 heteroatoms. The van der Waals surface area contributed by atoms with Crippen molar-refractivity contribution in [1.82, 2.24) is 88.7 Å². The molecule has 2 aromatic heterocycles. The van der Waals surface area contributed by atoms with Crippen molar-refractivity contribution in [2.45, 2.75) is 346 Å². The molecule has 17 rings (SSSR count). The van der Waals surface area contributed by atoms with E-state index in [4.69, 9.17) is 18.5 Å². The topological polar surface area (TPSA) is 225 Å². The predicted octanol–water partition coefficient (Wildman–Crippen LogP) is 11.7. The quantitative estimate of drug-likeness (QED) is 0.0663. The van der Waals surface area contributed by atoms with Crippen molar-refractivity contribution < 1.29 is 47.3 Å². The third kappa shape index (κ3) is 37.1. The Balaban J connectivity index is 0.000000153. The van der Waals surface area contributed by atoms with Gasteiger partial charge in [0, 0.05) is 158 Å². The minimum atomic E-state index is -0.0918. The number of carbonyl (C=O) groups excluding carboxylic acids is 6. The van der Waals surface area contributed by atoms with Gasteiger partial charge in [-0.1, -0.05) is 24.2 Å². The lowest BCUT2D eigenvalue weighted by Crippen LogP contribution is -2.47. The third-order valence-corrected chi connectivity index (χ3v) is 31.0. The van der Waals surface area contributed by atoms with Crippen LogP contribution < -0.4 is 0 Å². The largest absolute Gasteiger partial charge is 0.468 e. The van der Waals surface area contributed by atoms with Crippen LogP contribution in [-0.2, 0) is 51.3 Å². The average molecular weight is 1810 g/mol. The van der Waals surface area contributed by atoms with Gasteiger partial charge in [-0.25, -0.2) is 0 Å². The maximum Gasteiger partial charge on any atom is 0.319 e. The Morgan fingerprint density at radius 1 is 0.357 bits per heavy atom. The maximum absolute atomic E-state index is 12.1. The molecular weight excluding hydrogens is 1630 g/mol. The summed E-state index contributed by atoms with van der Waals surface area (Å²) in [6.45, 7) is 38.5. The van der Waals surface area contributed by atoms with Gasteiger partial charge in [0.05, 0.1) is 32.5 Å². The molecule has 7 saturated carbocycles. The smallest absolute Gasteiger partial charge is 0.319 e. The molecule has 2 aromatic rings. The van der Waals surface area contributed by atoms with Crippen molar-refractivity contribution in [3.63, 3.8) is 0 Å². The highest BCUT2D eigenvalue weighted by Gasteiger charge is 2.43. The maximum atomic E-state index is 12.1. The highest BCUT2D eigenvalue weighted by atomic mass is 16.5. The van der Waals surface area contributed by atoms with Gasteiger partial charge >= 0.3 is 5.97 Å². The van der Waals surface area contributed by atoms with Gasteiger partial charge in [0.2, 0.25) is 29.5 Å². The normalized spacial score (nSPS) is 23.4. The molecule has 2 unspecified atom stereocenters. The Bertz CT molecular complexity index is 3460. The number of nitrogens with zero attached hydrogens (tertiary/aromatic N) is 18. The van der Waals surface area contributed by atoms with E-state index in [1.165, 1.54) is 265 Å². The van der Waals surface area contributed by atoms with E-state index in [1.54, 1.807) is 40.4 Å². The van der Waals surface area contributed by atoms with Gasteiger partial charge in [0.1, 0.15) is 18.2 Å². The molecule has 5 amide bonds. The predicted molar refractivity (Wildman–Crippen MR) is 514 cm³/mol. The van der Waals surface area contributed by atoms with Crippen LogP contribution in [0.25, 0.3) is 0 Å². The highest BCUT2D eigenvalue weighted by molar-refractivity contribution is 5.77. The first-order chi connectivity index (χ1) is 62.1. The minimum Gasteiger partial charge on any atom is -0.468 e. The summed E-state index contributed by atoms with van der Waals surface area (Å²) in [5.74, 6) is 4.19. The number of aromatic nitrogens is 2. The first-order valence-corrected chi connectivity index (χ1v) is 51.6. The Kier molecular flexibility index (Phi) is 44.7. The molecule has 0 spiro atoms. The summed E-state index contributed by atoms with van der Waals surface area (Å²) in [7, 11) is 20.8. The molecule has 0 aromatic carbocycles. The molecule has 15 fully saturated rings. The second kappa shape index (κ2) is 54.5. The Morgan fingerprint density at radius 2 is 0.659 bits per heavy atom. The zero-order valence-electron chi connectivity index (χ0n) is 84.1. The summed E-state index contributed by atoms with van der Waals surface area (Å²) < 4.78 is 19.7. The van der Waals surface area contributed by atoms with Crippen molar-refractivity contribution in [3.8, 4) is 0 Å². The monoisotopic (exact) mass is 1810 g/mol. The van der Waals surface area contributed by atoms with Crippen LogP contribution in [0.3, 0.4) is 0 Å². The van der Waals surface area contributed by atoms with E-state index < -0.39 is 0 Å². The summed E-state index contributed by atoms with van der Waals surface area (Å²) in [6, 6.07) is 11.8. The molecule has 8 saturated heterocycles. The molecule has 8 aliphatic heterocycles. The summed E-state index contributed by atoms with van der Waals surface area (Å²) in [5, 5.41) is 7.92. The van der Waals surface area contributed by atoms with Crippen molar-refractivity contribution in [1.29, 1.82) is 0 Å². The Hall–Kier alpha value is -5.24. The lowest BCUT2D eigenvalue weighted by Gasteiger charge is -2.39. The highest BCUT2D eigenvalue weighted by Crippen LogP contribution is 2.39. The van der Waals surface area contributed by atoms with E-state index in [2.05, 4.69) is 154 Å². The average Bonchev–Trinajstić information content (AvgIpc) is 1.70. The van der Waals surface area contributed by atoms with Crippen LogP contribution in [0.15, 0.2) is 33.7 Å². The molecule has 0 bridgehead atoms. The number of hydrogen-bond donors (Lipinski definition) is 0. The molecule has 15 aliphatic rings. The van der Waals surface area contributed by atoms with Crippen molar-refractivity contribution in [2.24, 2.45) is 23.7 Å². The fourth-order valence-electron chi connectivity index (χ4n) is 21.2. The fraction of sp³-hybridized carbons (Fsp3) is 0.881. The van der Waals surface area contributed by atoms with Crippen molar-refractivity contribution in [3.05, 3.63) is 36.0 Å². The van der Waals surface area contributed by atoms with E-state index in [0.717, 1.165) is 119 Å². The van der Waals surface area contributed by atoms with Crippen LogP contribution in [0, 0.1) is 23.7 Å². The Morgan fingerprint density at radius 3 is 1.01 bits per heavy atom. The number of likely N-dealkylation sites (tertiary alicyclic amines) is 8. The van der Waals surface area contributed by atoms with Crippen LogP contribution in [0.2, 0.25) is 0 Å². The summed E-state index contributed by atoms with van der Waals surface area (Å²) in [6.07, 6.45) is 42.2. The summed E-state index contributed by atoms with van der Waals surface area (Å²) in [5.41, 5.74) is 1.90. The van der Waals surface area contributed by atoms with E-state index >= 15 is 0 Å². The van der Waals surface area contributed by atoms with Crippen LogP contribution in [-0.4, -0.2) is 411 Å². The second-order valence-corrected chi connectivity index (χ2v) is 41.9. The number of rotatable bonds is 30. The molecule has 736 valence electrons. The first kappa shape index (κ1) is 106. The van der Waals surface area contributed by atoms with Gasteiger partial charge in [-0.2, -0.15) is 0 Å². The SMILES string of the molecule is CC(=O)N(C1CC1)C(C)C1CCN(C)CC1.CC(=O)N(CC1CCN(C)CC1)C1CC1.CC(=O)N(Cc1ccon1)C1CCN(C)CC1.CCC(=O)N(C1CC1)C(C)C1CCN(C)CC1.CCC(=O)N(CC1CCN(C)CC1)C1CC1.CN1CCC(N(Cc2ccon2)C2CC2)CC1.COC(=O)CN(C1CC1)C1CCN(C)CC1.COCCN(C1CC1)C1CCN(C)CC1. The fourth-order valence-corrected chi connectivity index (χ4v) is 21.2. The van der Waals surface area contributed by atoms with Gasteiger partial charge in [0.15, 0.2) is 0 Å². The van der Waals surface area contributed by atoms with Gasteiger partial charge in [0.25, 0.3) is 0 Å². The van der Waals surface area contributed by atoms with Gasteiger partial charge in [-0.15, -0.1) is 0 Å². The van der Waals surface area contributed by atoms with Crippen molar-refractivity contribution in [2.75, 3.05) is 208 Å². The van der Waals surface area contributed by atoms with E-state index in [1.807, 2.05) is 30.9 Å². The molecule has 28 nitrogen and oxygen atoms in total. The Labute approximate surface area is 780 Å². The molecule has 129 heavy (non-hydrogen) atoms. The molecule has 0 N–H and O–H groups in total. The number of methoxy groups -OCH3 is 2. The summed E-state index contributed by atoms with van der Waals surface area (Å²) >= 11 is 0. The zero-order chi connectivity index (χ0) is 92.6. The number of piperidine rings is 8. The standard InChI is InChI=1S/C14H26N2O.C13H21N3O.2C13H24N2O.C12H19N3O2.C12H22N2O2.C12H24N2O.C12H22N2O/c1-4-14(17)16(13-5-6-13)11(2)12-7-9-15(3)10-8-12;1-15-7-4-13(5-8-15)16(12-2-3-12)10-11-6-9-17-14-11;1-10(12-6-8-14(3)9-7-12)15(11(2)16)13-4-5-13;1-3-13(16)15(12-4-5-12)10-11-6-8-14(2)9-7-11;1-10(16)15(9-11-5-8-17-13-11)12-3-6-14(2)7-4-12;1-13-7-5-11(6-8-13)14(10-3-4-10)9-12(15)16-2;1-13-7-5-12(6-8-13)14(9-10-15-2)11-3-4-11;1-10(15)14(12-3-4-12)9-11-5-7-13(2)8-6-11/h11-13H,4-10H2,1-3H3;6,9,12-13H,2-5,7-8,10H2,1H3;10,12-13H,4-9H2,1-3H3;11-12H,3-10H2,1-2H3;5,8,12H,3-4,6-7,9H2,1-2H3;10-11H,3-9H2,1-2H3;11-12H,3-10H2,1-2H3;11-12H,3-9H2,1-2H3. The number of carbonyl (C=O) groups is 6. The second-order valence-electron chi connectivity index (χ2n) is 41.9. The number of amides is 5. The van der Waals surface area contributed by atoms with Crippen LogP contribution in [0.5, 0.6) is 0 Å². The molecule has 7 aliphatic carbocycles. The number of ether oxygens (including phenoxy) is 2. The van der Waals surface area contributed by atoms with E-state index in [9.17, 15) is 28.8 Å². The minimum absolute atomic E-state index is 0.0918. The van der Waals surface area contributed by atoms with Crippen molar-refractivity contribution >= 4 is 35.5 Å². The van der Waals surface area contributed by atoms with Crippen LogP contribution in [0.1, 0.15) is 265 Å².